The second-order valence-electron chi connectivity index (χ2n) is 6.84. The van der Waals surface area contributed by atoms with E-state index in [1.54, 1.807) is 48.5 Å². The molecule has 1 heterocycles. The Morgan fingerprint density at radius 1 is 1.07 bits per heavy atom. The number of carbonyl (C=O) groups is 2. The monoisotopic (exact) mass is 395 g/mol. The zero-order chi connectivity index (χ0) is 21.0. The van der Waals surface area contributed by atoms with Crippen LogP contribution in [0.3, 0.4) is 0 Å². The van der Waals surface area contributed by atoms with Gasteiger partial charge in [-0.15, -0.1) is 0 Å². The van der Waals surface area contributed by atoms with Gasteiger partial charge in [-0.3, -0.25) is 4.79 Å². The van der Waals surface area contributed by atoms with Gasteiger partial charge in [0.05, 0.1) is 0 Å². The molecule has 0 saturated carbocycles. The van der Waals surface area contributed by atoms with Gasteiger partial charge in [0.1, 0.15) is 5.82 Å². The second-order valence-corrected chi connectivity index (χ2v) is 6.84. The maximum atomic E-state index is 13.1. The number of Topliss-reactive ketones (excluding diaryl/α,β-unsaturated/α-hetero) is 1. The van der Waals surface area contributed by atoms with Crippen LogP contribution < -0.4 is 0 Å². The fourth-order valence-corrected chi connectivity index (χ4v) is 3.16. The van der Waals surface area contributed by atoms with Crippen LogP contribution in [0, 0.1) is 19.7 Å². The number of ketones is 1. The van der Waals surface area contributed by atoms with Gasteiger partial charge in [-0.2, -0.15) is 0 Å². The lowest BCUT2D eigenvalue weighted by atomic mass is 10.1. The Bertz CT molecular complexity index is 1010. The van der Waals surface area contributed by atoms with Crippen LogP contribution >= 0.6 is 0 Å². The average Bonchev–Trinajstić information content (AvgIpc) is 3.01. The number of halogens is 1. The summed E-state index contributed by atoms with van der Waals surface area (Å²) in [6.07, 6.45) is -1.44. The van der Waals surface area contributed by atoms with Crippen molar-refractivity contribution in [3.05, 3.63) is 94.6 Å². The SMILES string of the molecule is Cc1cc(C(=O)COC(=O)[C@@H](O)c2ccccc2)c(C)n1Cc1ccc(F)cc1. The smallest absolute Gasteiger partial charge is 0.340 e. The first-order valence-electron chi connectivity index (χ1n) is 9.21. The normalized spacial score (nSPS) is 11.9. The Hall–Kier alpha value is -3.25. The van der Waals surface area contributed by atoms with Crippen LogP contribution in [0.4, 0.5) is 4.39 Å². The molecule has 6 heteroatoms. The molecule has 5 nitrogen and oxygen atoms in total. The second kappa shape index (κ2) is 8.84. The van der Waals surface area contributed by atoms with Crippen molar-refractivity contribution in [3.63, 3.8) is 0 Å². The number of aliphatic hydroxyl groups is 1. The number of ether oxygens (including phenoxy) is 1. The molecule has 0 aliphatic rings. The molecule has 3 aromatic rings. The zero-order valence-corrected chi connectivity index (χ0v) is 16.3. The first-order valence-corrected chi connectivity index (χ1v) is 9.21. The van der Waals surface area contributed by atoms with Crippen molar-refractivity contribution < 1.29 is 23.8 Å². The largest absolute Gasteiger partial charge is 0.455 e. The van der Waals surface area contributed by atoms with Crippen LogP contribution in [0.25, 0.3) is 0 Å². The number of aryl methyl sites for hydroxylation is 1. The highest BCUT2D eigenvalue weighted by Gasteiger charge is 2.22. The topological polar surface area (TPSA) is 68.5 Å². The summed E-state index contributed by atoms with van der Waals surface area (Å²) >= 11 is 0. The van der Waals surface area contributed by atoms with Gasteiger partial charge in [0.2, 0.25) is 5.78 Å². The highest BCUT2D eigenvalue weighted by atomic mass is 19.1. The summed E-state index contributed by atoms with van der Waals surface area (Å²) in [6.45, 7) is 3.73. The third-order valence-electron chi connectivity index (χ3n) is 4.81. The minimum absolute atomic E-state index is 0.301. The number of hydrogen-bond acceptors (Lipinski definition) is 4. The van der Waals surface area contributed by atoms with E-state index in [0.717, 1.165) is 17.0 Å². The molecule has 0 fully saturated rings. The first-order chi connectivity index (χ1) is 13.9. The number of hydrogen-bond donors (Lipinski definition) is 1. The van der Waals surface area contributed by atoms with E-state index in [9.17, 15) is 19.1 Å². The quantitative estimate of drug-likeness (QED) is 0.489. The number of carbonyl (C=O) groups excluding carboxylic acids is 2. The summed E-state index contributed by atoms with van der Waals surface area (Å²) in [4.78, 5) is 24.6. The lowest BCUT2D eigenvalue weighted by molar-refractivity contribution is -0.152. The van der Waals surface area contributed by atoms with E-state index < -0.39 is 18.7 Å². The van der Waals surface area contributed by atoms with Crippen LogP contribution in [0.1, 0.15) is 39.0 Å². The van der Waals surface area contributed by atoms with Crippen LogP contribution in [-0.4, -0.2) is 28.0 Å². The number of aromatic nitrogens is 1. The molecule has 1 N–H and O–H groups in total. The molecule has 2 aromatic carbocycles. The fourth-order valence-electron chi connectivity index (χ4n) is 3.16. The maximum absolute atomic E-state index is 13.1. The van der Waals surface area contributed by atoms with Crippen molar-refractivity contribution in [2.45, 2.75) is 26.5 Å². The van der Waals surface area contributed by atoms with Crippen molar-refractivity contribution in [1.82, 2.24) is 4.57 Å². The Kier molecular flexibility index (Phi) is 6.24. The molecule has 0 aliphatic carbocycles. The van der Waals surface area contributed by atoms with Crippen LogP contribution in [-0.2, 0) is 16.1 Å². The lowest BCUT2D eigenvalue weighted by Crippen LogP contribution is -2.20. The van der Waals surface area contributed by atoms with Crippen molar-refractivity contribution in [2.24, 2.45) is 0 Å². The van der Waals surface area contributed by atoms with E-state index in [1.807, 2.05) is 18.4 Å². The Labute approximate surface area is 168 Å². The lowest BCUT2D eigenvalue weighted by Gasteiger charge is -2.11. The number of benzene rings is 2. The maximum Gasteiger partial charge on any atom is 0.340 e. The highest BCUT2D eigenvalue weighted by molar-refractivity contribution is 5.99. The molecule has 0 spiro atoms. The molecule has 0 aliphatic heterocycles. The Morgan fingerprint density at radius 3 is 2.38 bits per heavy atom. The highest BCUT2D eigenvalue weighted by Crippen LogP contribution is 2.19. The molecule has 0 unspecified atom stereocenters. The van der Waals surface area contributed by atoms with E-state index in [4.69, 9.17) is 4.74 Å². The van der Waals surface area contributed by atoms with Gasteiger partial charge >= 0.3 is 5.97 Å². The number of rotatable bonds is 7. The summed E-state index contributed by atoms with van der Waals surface area (Å²) in [5, 5.41) is 10.0. The van der Waals surface area contributed by atoms with E-state index in [0.29, 0.717) is 17.7 Å². The molecule has 1 aromatic heterocycles. The molecule has 0 bridgehead atoms. The van der Waals surface area contributed by atoms with E-state index in [-0.39, 0.29) is 11.6 Å². The number of aliphatic hydroxyl groups excluding tert-OH is 1. The van der Waals surface area contributed by atoms with E-state index >= 15 is 0 Å². The molecular weight excluding hydrogens is 373 g/mol. The molecule has 3 rings (SSSR count). The molecule has 0 radical (unpaired) electrons. The van der Waals surface area contributed by atoms with Crippen LogP contribution in [0.15, 0.2) is 60.7 Å². The predicted octanol–water partition coefficient (Wildman–Crippen LogP) is 3.75. The molecule has 150 valence electrons. The van der Waals surface area contributed by atoms with Gasteiger partial charge in [0, 0.05) is 23.5 Å². The van der Waals surface area contributed by atoms with Crippen LogP contribution in [0.2, 0.25) is 0 Å². The number of esters is 1. The summed E-state index contributed by atoms with van der Waals surface area (Å²) in [7, 11) is 0. The number of nitrogens with zero attached hydrogens (tertiary/aromatic N) is 1. The Morgan fingerprint density at radius 2 is 1.72 bits per heavy atom. The minimum Gasteiger partial charge on any atom is -0.455 e. The van der Waals surface area contributed by atoms with Crippen molar-refractivity contribution >= 4 is 11.8 Å². The van der Waals surface area contributed by atoms with Gasteiger partial charge in [-0.25, -0.2) is 9.18 Å². The summed E-state index contributed by atoms with van der Waals surface area (Å²) < 4.78 is 20.1. The van der Waals surface area contributed by atoms with Crippen LogP contribution in [0.5, 0.6) is 0 Å². The van der Waals surface area contributed by atoms with Gasteiger partial charge in [-0.1, -0.05) is 42.5 Å². The minimum atomic E-state index is -1.44. The van der Waals surface area contributed by atoms with Gasteiger partial charge < -0.3 is 14.4 Å². The molecule has 0 amide bonds. The fraction of sp³-hybridized carbons (Fsp3) is 0.217. The molecule has 1 atom stereocenters. The molecule has 29 heavy (non-hydrogen) atoms. The first kappa shape index (κ1) is 20.5. The third-order valence-corrected chi connectivity index (χ3v) is 4.81. The van der Waals surface area contributed by atoms with Crippen molar-refractivity contribution in [1.29, 1.82) is 0 Å². The van der Waals surface area contributed by atoms with Gasteiger partial charge in [-0.05, 0) is 43.2 Å². The zero-order valence-electron chi connectivity index (χ0n) is 16.3. The van der Waals surface area contributed by atoms with E-state index in [1.165, 1.54) is 12.1 Å². The summed E-state index contributed by atoms with van der Waals surface area (Å²) in [5.41, 5.74) is 3.36. The Balaban J connectivity index is 1.66. The third kappa shape index (κ3) is 4.78. The standard InChI is InChI=1S/C23H22FNO4/c1-15-12-20(16(2)25(15)13-17-8-10-19(24)11-9-17)21(26)14-29-23(28)22(27)18-6-4-3-5-7-18/h3-12,22,27H,13-14H2,1-2H3/t22-/m0/s1. The van der Waals surface area contributed by atoms with Gasteiger partial charge in [0.25, 0.3) is 0 Å². The molecular formula is C23H22FNO4. The summed E-state index contributed by atoms with van der Waals surface area (Å²) in [5.74, 6) is -1.52. The van der Waals surface area contributed by atoms with E-state index in [2.05, 4.69) is 0 Å². The van der Waals surface area contributed by atoms with Crippen molar-refractivity contribution in [2.75, 3.05) is 6.61 Å². The average molecular weight is 395 g/mol. The summed E-state index contributed by atoms with van der Waals surface area (Å²) in [6, 6.07) is 16.3. The van der Waals surface area contributed by atoms with Crippen molar-refractivity contribution in [3.8, 4) is 0 Å². The van der Waals surface area contributed by atoms with Gasteiger partial charge in [0.15, 0.2) is 12.7 Å². The predicted molar refractivity (Wildman–Crippen MR) is 106 cm³/mol. The molecule has 0 saturated heterocycles.